The average Bonchev–Trinajstić information content (AvgIpc) is 2.87. The zero-order chi connectivity index (χ0) is 13.7. The van der Waals surface area contributed by atoms with Gasteiger partial charge in [0.25, 0.3) is 0 Å². The van der Waals surface area contributed by atoms with Gasteiger partial charge in [-0.25, -0.2) is 0 Å². The molecular weight excluding hydrogens is 252 g/mol. The summed E-state index contributed by atoms with van der Waals surface area (Å²) in [6.07, 6.45) is 3.25. The Morgan fingerprint density at radius 1 is 1.16 bits per heavy atom. The second-order valence-electron chi connectivity index (χ2n) is 5.07. The third-order valence-electron chi connectivity index (χ3n) is 3.43. The lowest BCUT2D eigenvalue weighted by atomic mass is 10.0. The predicted octanol–water partition coefficient (Wildman–Crippen LogP) is 4.50. The molecule has 1 aromatic carbocycles. The number of carbonyl (C=O) groups excluding carboxylic acids is 1. The Kier molecular flexibility index (Phi) is 4.92. The zero-order valence-corrected chi connectivity index (χ0v) is 12.4. The summed E-state index contributed by atoms with van der Waals surface area (Å²) < 4.78 is 0. The number of Topliss-reactive ketones (excluding diaryl/α,β-unsaturated/α-hetero) is 1. The van der Waals surface area contributed by atoms with E-state index in [1.165, 1.54) is 16.0 Å². The molecule has 2 aromatic rings. The Balaban J connectivity index is 1.79. The highest BCUT2D eigenvalue weighted by molar-refractivity contribution is 7.09. The molecule has 0 amide bonds. The van der Waals surface area contributed by atoms with Gasteiger partial charge >= 0.3 is 0 Å². The van der Waals surface area contributed by atoms with E-state index in [2.05, 4.69) is 49.6 Å². The minimum atomic E-state index is 0.347. The van der Waals surface area contributed by atoms with Gasteiger partial charge in [0.1, 0.15) is 5.78 Å². The fraction of sp³-hybridized carbons (Fsp3) is 0.353. The van der Waals surface area contributed by atoms with Crippen LogP contribution in [-0.2, 0) is 17.6 Å². The third-order valence-corrected chi connectivity index (χ3v) is 4.37. The Hall–Kier alpha value is -1.41. The molecule has 0 saturated heterocycles. The summed E-state index contributed by atoms with van der Waals surface area (Å²) >= 11 is 1.77. The molecule has 0 radical (unpaired) electrons. The topological polar surface area (TPSA) is 17.1 Å². The van der Waals surface area contributed by atoms with E-state index in [1.54, 1.807) is 11.3 Å². The number of rotatable bonds is 6. The van der Waals surface area contributed by atoms with Crippen molar-refractivity contribution in [3.8, 4) is 0 Å². The van der Waals surface area contributed by atoms with Gasteiger partial charge < -0.3 is 0 Å². The van der Waals surface area contributed by atoms with Crippen molar-refractivity contribution in [3.05, 3.63) is 57.3 Å². The summed E-state index contributed by atoms with van der Waals surface area (Å²) in [6.45, 7) is 4.20. The van der Waals surface area contributed by atoms with Crippen LogP contribution in [0.4, 0.5) is 0 Å². The van der Waals surface area contributed by atoms with E-state index in [4.69, 9.17) is 0 Å². The first-order chi connectivity index (χ1) is 9.15. The van der Waals surface area contributed by atoms with Crippen LogP contribution in [0.15, 0.2) is 35.7 Å². The molecule has 0 atom stereocenters. The van der Waals surface area contributed by atoms with Crippen molar-refractivity contribution >= 4 is 17.1 Å². The lowest BCUT2D eigenvalue weighted by Crippen LogP contribution is -2.03. The van der Waals surface area contributed by atoms with Crippen molar-refractivity contribution in [2.45, 2.75) is 39.5 Å². The number of benzene rings is 1. The molecule has 1 nitrogen and oxygen atoms in total. The SMILES string of the molecule is Cc1ccc(CC(=O)CCCc2cccs2)cc1C. The molecule has 1 heterocycles. The molecule has 0 bridgehead atoms. The van der Waals surface area contributed by atoms with Gasteiger partial charge in [-0.2, -0.15) is 0 Å². The molecular formula is C17H20OS. The van der Waals surface area contributed by atoms with Gasteiger partial charge in [0, 0.05) is 17.7 Å². The smallest absolute Gasteiger partial charge is 0.137 e. The quantitative estimate of drug-likeness (QED) is 0.756. The molecule has 2 heteroatoms. The first-order valence-corrected chi connectivity index (χ1v) is 7.63. The van der Waals surface area contributed by atoms with Crippen molar-refractivity contribution in [2.24, 2.45) is 0 Å². The maximum atomic E-state index is 11.9. The Bertz CT molecular complexity index is 540. The molecule has 0 fully saturated rings. The van der Waals surface area contributed by atoms with Crippen LogP contribution < -0.4 is 0 Å². The molecule has 2 rings (SSSR count). The summed E-state index contributed by atoms with van der Waals surface area (Å²) in [5.41, 5.74) is 3.70. The summed E-state index contributed by atoms with van der Waals surface area (Å²) in [4.78, 5) is 13.3. The van der Waals surface area contributed by atoms with Crippen molar-refractivity contribution in [1.29, 1.82) is 0 Å². The summed E-state index contributed by atoms with van der Waals surface area (Å²) in [7, 11) is 0. The molecule has 0 N–H and O–H groups in total. The number of thiophene rings is 1. The standard InChI is InChI=1S/C17H20OS/c1-13-8-9-15(11-14(13)2)12-16(18)5-3-6-17-7-4-10-19-17/h4,7-11H,3,5-6,12H2,1-2H3. The van der Waals surface area contributed by atoms with Crippen molar-refractivity contribution in [2.75, 3.05) is 0 Å². The van der Waals surface area contributed by atoms with Gasteiger partial charge in [-0.1, -0.05) is 24.3 Å². The second-order valence-corrected chi connectivity index (χ2v) is 6.10. The van der Waals surface area contributed by atoms with Gasteiger partial charge in [0.15, 0.2) is 0 Å². The number of aryl methyl sites for hydroxylation is 3. The molecule has 0 aliphatic heterocycles. The number of carbonyl (C=O) groups is 1. The van der Waals surface area contributed by atoms with E-state index in [9.17, 15) is 4.79 Å². The first-order valence-electron chi connectivity index (χ1n) is 6.75. The van der Waals surface area contributed by atoms with Gasteiger partial charge in [-0.15, -0.1) is 11.3 Å². The lowest BCUT2D eigenvalue weighted by Gasteiger charge is -2.05. The Morgan fingerprint density at radius 2 is 2.00 bits per heavy atom. The average molecular weight is 272 g/mol. The zero-order valence-electron chi connectivity index (χ0n) is 11.6. The first kappa shape index (κ1) is 14.0. The van der Waals surface area contributed by atoms with E-state index < -0.39 is 0 Å². The van der Waals surface area contributed by atoms with E-state index in [0.717, 1.165) is 18.4 Å². The van der Waals surface area contributed by atoms with E-state index >= 15 is 0 Å². The van der Waals surface area contributed by atoms with E-state index in [1.807, 2.05) is 0 Å². The normalized spacial score (nSPS) is 10.6. The van der Waals surface area contributed by atoms with Crippen molar-refractivity contribution in [1.82, 2.24) is 0 Å². The van der Waals surface area contributed by atoms with Crippen LogP contribution in [0.5, 0.6) is 0 Å². The van der Waals surface area contributed by atoms with Gasteiger partial charge in [-0.05, 0) is 54.8 Å². The fourth-order valence-corrected chi connectivity index (χ4v) is 2.90. The highest BCUT2D eigenvalue weighted by Gasteiger charge is 2.05. The maximum Gasteiger partial charge on any atom is 0.137 e. The van der Waals surface area contributed by atoms with Gasteiger partial charge in [0.2, 0.25) is 0 Å². The summed E-state index contributed by atoms with van der Waals surface area (Å²) in [5, 5.41) is 2.09. The van der Waals surface area contributed by atoms with Crippen molar-refractivity contribution < 1.29 is 4.79 Å². The largest absolute Gasteiger partial charge is 0.299 e. The highest BCUT2D eigenvalue weighted by atomic mass is 32.1. The molecule has 0 spiro atoms. The summed E-state index contributed by atoms with van der Waals surface area (Å²) in [6, 6.07) is 10.5. The Labute approximate surface area is 119 Å². The molecule has 0 aliphatic rings. The van der Waals surface area contributed by atoms with Crippen molar-refractivity contribution in [3.63, 3.8) is 0 Å². The molecule has 0 saturated carbocycles. The minimum Gasteiger partial charge on any atom is -0.299 e. The molecule has 19 heavy (non-hydrogen) atoms. The number of hydrogen-bond donors (Lipinski definition) is 0. The van der Waals surface area contributed by atoms with Crippen LogP contribution in [-0.4, -0.2) is 5.78 Å². The number of ketones is 1. The Morgan fingerprint density at radius 3 is 2.68 bits per heavy atom. The van der Waals surface area contributed by atoms with Crippen LogP contribution in [0.1, 0.15) is 34.4 Å². The molecule has 100 valence electrons. The van der Waals surface area contributed by atoms with E-state index in [-0.39, 0.29) is 0 Å². The van der Waals surface area contributed by atoms with Gasteiger partial charge in [-0.3, -0.25) is 4.79 Å². The van der Waals surface area contributed by atoms with Crippen LogP contribution in [0.3, 0.4) is 0 Å². The van der Waals surface area contributed by atoms with Crippen LogP contribution in [0.25, 0.3) is 0 Å². The van der Waals surface area contributed by atoms with E-state index in [0.29, 0.717) is 18.6 Å². The monoisotopic (exact) mass is 272 g/mol. The fourth-order valence-electron chi connectivity index (χ4n) is 2.14. The second kappa shape index (κ2) is 6.67. The highest BCUT2D eigenvalue weighted by Crippen LogP contribution is 2.14. The van der Waals surface area contributed by atoms with Crippen LogP contribution in [0, 0.1) is 13.8 Å². The van der Waals surface area contributed by atoms with Gasteiger partial charge in [0.05, 0.1) is 0 Å². The maximum absolute atomic E-state index is 11.9. The lowest BCUT2D eigenvalue weighted by molar-refractivity contribution is -0.118. The molecule has 0 unspecified atom stereocenters. The summed E-state index contributed by atoms with van der Waals surface area (Å²) in [5.74, 6) is 0.347. The number of hydrogen-bond acceptors (Lipinski definition) is 2. The molecule has 0 aliphatic carbocycles. The molecule has 1 aromatic heterocycles. The minimum absolute atomic E-state index is 0.347. The predicted molar refractivity (Wildman–Crippen MR) is 81.9 cm³/mol. The third kappa shape index (κ3) is 4.32. The van der Waals surface area contributed by atoms with Crippen LogP contribution >= 0.6 is 11.3 Å². The van der Waals surface area contributed by atoms with Crippen LogP contribution in [0.2, 0.25) is 0 Å².